The molecule has 0 heterocycles. The number of fused-ring (bicyclic) bond motifs is 1. The van der Waals surface area contributed by atoms with Gasteiger partial charge in [-0.15, -0.1) is 0 Å². The summed E-state index contributed by atoms with van der Waals surface area (Å²) in [5.74, 6) is 0. The highest BCUT2D eigenvalue weighted by Gasteiger charge is 2.19. The summed E-state index contributed by atoms with van der Waals surface area (Å²) < 4.78 is 26.3. The summed E-state index contributed by atoms with van der Waals surface area (Å²) in [6.45, 7) is 0. The summed E-state index contributed by atoms with van der Waals surface area (Å²) in [6.07, 6.45) is 0. The number of halogens is 1. The van der Waals surface area contributed by atoms with E-state index >= 15 is 0 Å². The molecule has 3 aromatic rings. The highest BCUT2D eigenvalue weighted by atomic mass is 79.9. The average molecular weight is 347 g/mol. The molecule has 0 saturated carbocycles. The predicted octanol–water partition coefficient (Wildman–Crippen LogP) is 4.44. The molecule has 0 aromatic heterocycles. The second-order valence-electron chi connectivity index (χ2n) is 4.43. The highest BCUT2D eigenvalue weighted by Crippen LogP contribution is 2.28. The third-order valence-corrected chi connectivity index (χ3v) is 5.52. The van der Waals surface area contributed by atoms with Gasteiger partial charge >= 0.3 is 0 Å². The molecule has 0 aliphatic carbocycles. The zero-order valence-electron chi connectivity index (χ0n) is 10.5. The predicted molar refractivity (Wildman–Crippen MR) is 83.5 cm³/mol. The monoisotopic (exact) mass is 346 g/mol. The Balaban J connectivity index is 2.27. The van der Waals surface area contributed by atoms with Crippen molar-refractivity contribution in [1.29, 1.82) is 0 Å². The molecule has 0 N–H and O–H groups in total. The van der Waals surface area contributed by atoms with Gasteiger partial charge in [0.25, 0.3) is 0 Å². The van der Waals surface area contributed by atoms with E-state index in [0.29, 0.717) is 9.79 Å². The Hall–Kier alpha value is -1.65. The molecule has 20 heavy (non-hydrogen) atoms. The van der Waals surface area contributed by atoms with Crippen LogP contribution in [0.1, 0.15) is 0 Å². The molecule has 0 aliphatic heterocycles. The van der Waals surface area contributed by atoms with E-state index < -0.39 is 9.84 Å². The molecule has 0 unspecified atom stereocenters. The zero-order chi connectivity index (χ0) is 14.2. The van der Waals surface area contributed by atoms with Crippen LogP contribution in [-0.2, 0) is 9.84 Å². The topological polar surface area (TPSA) is 34.1 Å². The average Bonchev–Trinajstić information content (AvgIpc) is 2.47. The van der Waals surface area contributed by atoms with E-state index in [1.54, 1.807) is 36.4 Å². The van der Waals surface area contributed by atoms with Crippen LogP contribution in [0.5, 0.6) is 0 Å². The van der Waals surface area contributed by atoms with Crippen molar-refractivity contribution in [3.05, 3.63) is 71.2 Å². The lowest BCUT2D eigenvalue weighted by atomic mass is 10.1. The van der Waals surface area contributed by atoms with E-state index in [2.05, 4.69) is 15.9 Å². The molecule has 3 rings (SSSR count). The Bertz CT molecular complexity index is 863. The standard InChI is InChI=1S/C16H11BrO2S/c17-13-8-10-14(11-9-13)20(18,19)16-7-3-5-12-4-1-2-6-15(12)16/h1-11H. The van der Waals surface area contributed by atoms with Crippen molar-refractivity contribution in [2.45, 2.75) is 9.79 Å². The van der Waals surface area contributed by atoms with Gasteiger partial charge in [-0.05, 0) is 35.7 Å². The van der Waals surface area contributed by atoms with Crippen LogP contribution in [0.3, 0.4) is 0 Å². The molecule has 0 aliphatic rings. The number of hydrogen-bond donors (Lipinski definition) is 0. The van der Waals surface area contributed by atoms with Crippen LogP contribution in [0.2, 0.25) is 0 Å². The minimum Gasteiger partial charge on any atom is -0.218 e. The van der Waals surface area contributed by atoms with Crippen molar-refractivity contribution < 1.29 is 8.42 Å². The van der Waals surface area contributed by atoms with Crippen molar-refractivity contribution >= 4 is 36.5 Å². The molecule has 100 valence electrons. The van der Waals surface area contributed by atoms with E-state index in [1.807, 2.05) is 30.3 Å². The van der Waals surface area contributed by atoms with Gasteiger partial charge in [0.1, 0.15) is 0 Å². The normalized spacial score (nSPS) is 11.7. The maximum absolute atomic E-state index is 12.7. The summed E-state index contributed by atoms with van der Waals surface area (Å²) in [6, 6.07) is 19.5. The molecule has 0 atom stereocenters. The maximum atomic E-state index is 12.7. The molecule has 0 amide bonds. The van der Waals surface area contributed by atoms with E-state index in [0.717, 1.165) is 15.2 Å². The van der Waals surface area contributed by atoms with E-state index in [9.17, 15) is 8.42 Å². The van der Waals surface area contributed by atoms with Crippen LogP contribution in [0, 0.1) is 0 Å². The molecule has 3 aromatic carbocycles. The van der Waals surface area contributed by atoms with Crippen molar-refractivity contribution in [2.24, 2.45) is 0 Å². The maximum Gasteiger partial charge on any atom is 0.207 e. The molecular weight excluding hydrogens is 336 g/mol. The minimum atomic E-state index is -3.50. The smallest absolute Gasteiger partial charge is 0.207 e. The molecule has 0 spiro atoms. The fourth-order valence-corrected chi connectivity index (χ4v) is 3.92. The Morgan fingerprint density at radius 3 is 2.15 bits per heavy atom. The highest BCUT2D eigenvalue weighted by molar-refractivity contribution is 9.10. The Kier molecular flexibility index (Phi) is 3.36. The van der Waals surface area contributed by atoms with E-state index in [4.69, 9.17) is 0 Å². The molecule has 0 saturated heterocycles. The summed E-state index contributed by atoms with van der Waals surface area (Å²) in [5, 5.41) is 1.67. The lowest BCUT2D eigenvalue weighted by Gasteiger charge is -2.08. The Labute approximate surface area is 126 Å². The first-order valence-electron chi connectivity index (χ1n) is 6.07. The summed E-state index contributed by atoms with van der Waals surface area (Å²) in [4.78, 5) is 0.648. The van der Waals surface area contributed by atoms with Gasteiger partial charge in [0, 0.05) is 9.86 Å². The minimum absolute atomic E-state index is 0.303. The van der Waals surface area contributed by atoms with Gasteiger partial charge in [-0.25, -0.2) is 8.42 Å². The quantitative estimate of drug-likeness (QED) is 0.687. The van der Waals surface area contributed by atoms with Crippen LogP contribution in [0.4, 0.5) is 0 Å². The number of rotatable bonds is 2. The van der Waals surface area contributed by atoms with Crippen LogP contribution in [0.25, 0.3) is 10.8 Å². The van der Waals surface area contributed by atoms with E-state index in [1.165, 1.54) is 0 Å². The van der Waals surface area contributed by atoms with Gasteiger partial charge < -0.3 is 0 Å². The first kappa shape index (κ1) is 13.3. The summed E-state index contributed by atoms with van der Waals surface area (Å²) in [7, 11) is -3.50. The van der Waals surface area contributed by atoms with Crippen molar-refractivity contribution in [1.82, 2.24) is 0 Å². The van der Waals surface area contributed by atoms with Gasteiger partial charge in [-0.1, -0.05) is 52.3 Å². The lowest BCUT2D eigenvalue weighted by molar-refractivity contribution is 0.597. The van der Waals surface area contributed by atoms with Crippen molar-refractivity contribution in [3.8, 4) is 0 Å². The van der Waals surface area contributed by atoms with E-state index in [-0.39, 0.29) is 0 Å². The van der Waals surface area contributed by atoms with Crippen molar-refractivity contribution in [2.75, 3.05) is 0 Å². The number of sulfone groups is 1. The molecular formula is C16H11BrO2S. The number of benzene rings is 3. The lowest BCUT2D eigenvalue weighted by Crippen LogP contribution is -2.02. The summed E-state index contributed by atoms with van der Waals surface area (Å²) >= 11 is 3.31. The van der Waals surface area contributed by atoms with Crippen LogP contribution < -0.4 is 0 Å². The number of hydrogen-bond acceptors (Lipinski definition) is 2. The molecule has 0 bridgehead atoms. The Morgan fingerprint density at radius 1 is 0.750 bits per heavy atom. The van der Waals surface area contributed by atoms with Crippen molar-refractivity contribution in [3.63, 3.8) is 0 Å². The van der Waals surface area contributed by atoms with Gasteiger partial charge in [0.05, 0.1) is 9.79 Å². The first-order valence-corrected chi connectivity index (χ1v) is 8.35. The third-order valence-electron chi connectivity index (χ3n) is 3.16. The largest absolute Gasteiger partial charge is 0.218 e. The third kappa shape index (κ3) is 2.25. The van der Waals surface area contributed by atoms with Crippen LogP contribution in [0.15, 0.2) is 81.0 Å². The molecule has 0 fully saturated rings. The van der Waals surface area contributed by atoms with Gasteiger partial charge in [0.2, 0.25) is 9.84 Å². The zero-order valence-corrected chi connectivity index (χ0v) is 12.9. The fraction of sp³-hybridized carbons (Fsp3) is 0. The Morgan fingerprint density at radius 2 is 1.40 bits per heavy atom. The second-order valence-corrected chi connectivity index (χ2v) is 7.27. The molecule has 4 heteroatoms. The SMILES string of the molecule is O=S(=O)(c1ccc(Br)cc1)c1cccc2ccccc12. The summed E-state index contributed by atoms with van der Waals surface area (Å²) in [5.41, 5.74) is 0. The van der Waals surface area contributed by atoms with Gasteiger partial charge in [0.15, 0.2) is 0 Å². The first-order chi connectivity index (χ1) is 9.59. The fourth-order valence-electron chi connectivity index (χ4n) is 2.17. The van der Waals surface area contributed by atoms with Gasteiger partial charge in [-0.2, -0.15) is 0 Å². The van der Waals surface area contributed by atoms with Crippen LogP contribution in [-0.4, -0.2) is 8.42 Å². The molecule has 2 nitrogen and oxygen atoms in total. The van der Waals surface area contributed by atoms with Crippen LogP contribution >= 0.6 is 15.9 Å². The van der Waals surface area contributed by atoms with Gasteiger partial charge in [-0.3, -0.25) is 0 Å². The second kappa shape index (κ2) is 5.04. The molecule has 0 radical (unpaired) electrons.